The Balaban J connectivity index is 1.64. The molecule has 0 bridgehead atoms. The topological polar surface area (TPSA) is 70.3 Å². The first-order chi connectivity index (χ1) is 11.1. The molecule has 2 atom stereocenters. The van der Waals surface area contributed by atoms with Crippen molar-refractivity contribution in [3.8, 4) is 0 Å². The molecule has 23 heavy (non-hydrogen) atoms. The predicted octanol–water partition coefficient (Wildman–Crippen LogP) is 0.707. The van der Waals surface area contributed by atoms with Gasteiger partial charge in [0, 0.05) is 20.1 Å². The number of hydrogen-bond donors (Lipinski definition) is 1. The average Bonchev–Trinajstić information content (AvgIpc) is 3.09. The summed E-state index contributed by atoms with van der Waals surface area (Å²) in [5, 5.41) is 16.0. The Labute approximate surface area is 135 Å². The minimum Gasteiger partial charge on any atom is -0.390 e. The van der Waals surface area contributed by atoms with Crippen molar-refractivity contribution in [2.24, 2.45) is 7.05 Å². The summed E-state index contributed by atoms with van der Waals surface area (Å²) < 4.78 is 1.80. The zero-order chi connectivity index (χ0) is 16.0. The fraction of sp³-hybridized carbons (Fsp3) is 0.688. The van der Waals surface area contributed by atoms with E-state index in [2.05, 4.69) is 24.9 Å². The van der Waals surface area contributed by atoms with Crippen LogP contribution < -0.4 is 4.90 Å². The first-order valence-electron chi connectivity index (χ1n) is 8.46. The van der Waals surface area contributed by atoms with Gasteiger partial charge in [0.1, 0.15) is 12.1 Å². The molecule has 0 spiro atoms. The van der Waals surface area contributed by atoms with Gasteiger partial charge in [0.25, 0.3) is 0 Å². The number of aliphatic hydroxyl groups is 1. The van der Waals surface area contributed by atoms with Crippen molar-refractivity contribution in [3.05, 3.63) is 12.0 Å². The molecule has 124 valence electrons. The van der Waals surface area contributed by atoms with E-state index in [4.69, 9.17) is 0 Å². The zero-order valence-electron chi connectivity index (χ0n) is 13.8. The Morgan fingerprint density at radius 1 is 1.13 bits per heavy atom. The Hall–Kier alpha value is -1.73. The van der Waals surface area contributed by atoms with Crippen LogP contribution in [-0.2, 0) is 7.05 Å². The standard InChI is InChI=1S/C16H24N6O/c1-11-14-15(20(2)19-11)17-10-18-16(14)22-8-12(13(23)9-22)21-6-4-3-5-7-21/h10,12-13,23H,3-9H2,1-2H3/t12-,13-/m0/s1. The van der Waals surface area contributed by atoms with Crippen LogP contribution in [0.25, 0.3) is 11.0 Å². The highest BCUT2D eigenvalue weighted by atomic mass is 16.3. The highest BCUT2D eigenvalue weighted by Crippen LogP contribution is 2.30. The number of likely N-dealkylation sites (tertiary alicyclic amines) is 1. The SMILES string of the molecule is Cc1nn(C)c2ncnc(N3C[C@H](O)[C@@H](N4CCCCC4)C3)c12. The molecule has 7 nitrogen and oxygen atoms in total. The van der Waals surface area contributed by atoms with Crippen LogP contribution in [0.4, 0.5) is 5.82 Å². The Morgan fingerprint density at radius 3 is 2.70 bits per heavy atom. The van der Waals surface area contributed by atoms with Gasteiger partial charge >= 0.3 is 0 Å². The molecule has 0 radical (unpaired) electrons. The minimum atomic E-state index is -0.324. The van der Waals surface area contributed by atoms with Crippen LogP contribution in [0.2, 0.25) is 0 Å². The van der Waals surface area contributed by atoms with Crippen LogP contribution in [0.3, 0.4) is 0 Å². The Bertz CT molecular complexity index is 708. The largest absolute Gasteiger partial charge is 0.390 e. The van der Waals surface area contributed by atoms with E-state index in [1.54, 1.807) is 11.0 Å². The van der Waals surface area contributed by atoms with E-state index in [1.165, 1.54) is 19.3 Å². The second-order valence-electron chi connectivity index (χ2n) is 6.74. The molecule has 2 aliphatic rings. The lowest BCUT2D eigenvalue weighted by Gasteiger charge is -2.33. The third-order valence-electron chi connectivity index (χ3n) is 5.19. The third-order valence-corrected chi connectivity index (χ3v) is 5.19. The lowest BCUT2D eigenvalue weighted by Crippen LogP contribution is -2.45. The molecule has 2 fully saturated rings. The molecule has 0 aliphatic carbocycles. The van der Waals surface area contributed by atoms with Crippen LogP contribution in [0.15, 0.2) is 6.33 Å². The highest BCUT2D eigenvalue weighted by molar-refractivity contribution is 5.89. The first kappa shape index (κ1) is 14.8. The van der Waals surface area contributed by atoms with E-state index >= 15 is 0 Å². The number of fused-ring (bicyclic) bond motifs is 1. The lowest BCUT2D eigenvalue weighted by molar-refractivity contribution is 0.0706. The van der Waals surface area contributed by atoms with Crippen molar-refractivity contribution in [2.75, 3.05) is 31.1 Å². The van der Waals surface area contributed by atoms with Gasteiger partial charge in [-0.05, 0) is 32.9 Å². The molecule has 0 unspecified atom stereocenters. The molecule has 2 aliphatic heterocycles. The van der Waals surface area contributed by atoms with Gasteiger partial charge in [0.05, 0.1) is 23.2 Å². The van der Waals surface area contributed by atoms with Gasteiger partial charge in [-0.3, -0.25) is 9.58 Å². The molecule has 0 amide bonds. The average molecular weight is 316 g/mol. The van der Waals surface area contributed by atoms with Crippen LogP contribution in [0, 0.1) is 6.92 Å². The summed E-state index contributed by atoms with van der Waals surface area (Å²) in [7, 11) is 1.90. The quantitative estimate of drug-likeness (QED) is 0.880. The van der Waals surface area contributed by atoms with Crippen molar-refractivity contribution >= 4 is 16.9 Å². The van der Waals surface area contributed by atoms with E-state index in [1.807, 2.05) is 14.0 Å². The molecule has 2 aromatic heterocycles. The number of aliphatic hydroxyl groups excluding tert-OH is 1. The van der Waals surface area contributed by atoms with Crippen molar-refractivity contribution < 1.29 is 5.11 Å². The second kappa shape index (κ2) is 5.72. The van der Waals surface area contributed by atoms with E-state index in [9.17, 15) is 5.11 Å². The number of nitrogens with zero attached hydrogens (tertiary/aromatic N) is 6. The molecule has 1 N–H and O–H groups in total. The van der Waals surface area contributed by atoms with E-state index in [-0.39, 0.29) is 12.1 Å². The van der Waals surface area contributed by atoms with Gasteiger partial charge in [0.2, 0.25) is 0 Å². The number of anilines is 1. The monoisotopic (exact) mass is 316 g/mol. The van der Waals surface area contributed by atoms with E-state index in [0.717, 1.165) is 42.2 Å². The Kier molecular flexibility index (Phi) is 3.69. The molecule has 0 saturated carbocycles. The van der Waals surface area contributed by atoms with Gasteiger partial charge in [-0.15, -0.1) is 0 Å². The maximum absolute atomic E-state index is 10.6. The summed E-state index contributed by atoms with van der Waals surface area (Å²) in [5.74, 6) is 0.902. The molecule has 4 heterocycles. The van der Waals surface area contributed by atoms with Gasteiger partial charge in [-0.1, -0.05) is 6.42 Å². The smallest absolute Gasteiger partial charge is 0.163 e. The predicted molar refractivity (Wildman–Crippen MR) is 88.5 cm³/mol. The number of rotatable bonds is 2. The summed E-state index contributed by atoms with van der Waals surface area (Å²) in [6.07, 6.45) is 5.06. The molecule has 4 rings (SSSR count). The molecule has 2 aromatic rings. The van der Waals surface area contributed by atoms with Crippen LogP contribution in [-0.4, -0.2) is 68.1 Å². The summed E-state index contributed by atoms with van der Waals surface area (Å²) in [5.41, 5.74) is 1.79. The summed E-state index contributed by atoms with van der Waals surface area (Å²) in [6, 6.07) is 0.206. The van der Waals surface area contributed by atoms with Crippen molar-refractivity contribution in [1.29, 1.82) is 0 Å². The maximum Gasteiger partial charge on any atom is 0.163 e. The van der Waals surface area contributed by atoms with E-state index < -0.39 is 0 Å². The molecule has 0 aromatic carbocycles. The van der Waals surface area contributed by atoms with Gasteiger partial charge in [-0.25, -0.2) is 9.97 Å². The minimum absolute atomic E-state index is 0.206. The molecular weight excluding hydrogens is 292 g/mol. The number of β-amino-alcohol motifs (C(OH)–C–C–N with tert-alkyl or cyclic N) is 1. The number of hydrogen-bond acceptors (Lipinski definition) is 6. The maximum atomic E-state index is 10.6. The third kappa shape index (κ3) is 2.48. The number of aryl methyl sites for hydroxylation is 2. The normalized spacial score (nSPS) is 26.3. The summed E-state index contributed by atoms with van der Waals surface area (Å²) in [6.45, 7) is 5.63. The number of aromatic nitrogens is 4. The fourth-order valence-electron chi connectivity index (χ4n) is 4.05. The molecule has 2 saturated heterocycles. The van der Waals surface area contributed by atoms with Gasteiger partial charge in [-0.2, -0.15) is 5.10 Å². The summed E-state index contributed by atoms with van der Waals surface area (Å²) in [4.78, 5) is 13.5. The summed E-state index contributed by atoms with van der Waals surface area (Å²) >= 11 is 0. The van der Waals surface area contributed by atoms with Gasteiger partial charge < -0.3 is 10.0 Å². The number of piperidine rings is 1. The van der Waals surface area contributed by atoms with Crippen molar-refractivity contribution in [3.63, 3.8) is 0 Å². The molecular formula is C16H24N6O. The molecule has 7 heteroatoms. The lowest BCUT2D eigenvalue weighted by atomic mass is 10.1. The van der Waals surface area contributed by atoms with Crippen LogP contribution in [0.5, 0.6) is 0 Å². The van der Waals surface area contributed by atoms with Crippen LogP contribution in [0.1, 0.15) is 25.0 Å². The van der Waals surface area contributed by atoms with Crippen molar-refractivity contribution in [2.45, 2.75) is 38.3 Å². The van der Waals surface area contributed by atoms with Gasteiger partial charge in [0.15, 0.2) is 5.65 Å². The highest BCUT2D eigenvalue weighted by Gasteiger charge is 2.37. The fourth-order valence-corrected chi connectivity index (χ4v) is 4.05. The van der Waals surface area contributed by atoms with E-state index in [0.29, 0.717) is 6.54 Å². The first-order valence-corrected chi connectivity index (χ1v) is 8.46. The zero-order valence-corrected chi connectivity index (χ0v) is 13.8. The van der Waals surface area contributed by atoms with Crippen molar-refractivity contribution in [1.82, 2.24) is 24.6 Å². The van der Waals surface area contributed by atoms with Crippen LogP contribution >= 0.6 is 0 Å². The second-order valence-corrected chi connectivity index (χ2v) is 6.74. The Morgan fingerprint density at radius 2 is 1.91 bits per heavy atom.